The summed E-state index contributed by atoms with van der Waals surface area (Å²) in [5, 5.41) is 10.4. The highest BCUT2D eigenvalue weighted by Gasteiger charge is 2.25. The van der Waals surface area contributed by atoms with Gasteiger partial charge in [-0.15, -0.1) is 0 Å². The van der Waals surface area contributed by atoms with Gasteiger partial charge in [0.15, 0.2) is 0 Å². The van der Waals surface area contributed by atoms with Gasteiger partial charge in [0.2, 0.25) is 0 Å². The topological polar surface area (TPSA) is 20.2 Å². The molecular formula is C15H13BrF2O. The molecule has 0 radical (unpaired) electrons. The van der Waals surface area contributed by atoms with Crippen LogP contribution >= 0.6 is 15.9 Å². The van der Waals surface area contributed by atoms with Crippen LogP contribution in [0.4, 0.5) is 8.78 Å². The van der Waals surface area contributed by atoms with Crippen LogP contribution in [0.15, 0.2) is 46.9 Å². The molecule has 0 aliphatic rings. The third-order valence-corrected chi connectivity index (χ3v) is 3.51. The Morgan fingerprint density at radius 2 is 1.74 bits per heavy atom. The van der Waals surface area contributed by atoms with Crippen molar-refractivity contribution in [1.82, 2.24) is 0 Å². The van der Waals surface area contributed by atoms with E-state index in [1.807, 2.05) is 0 Å². The van der Waals surface area contributed by atoms with E-state index in [9.17, 15) is 13.9 Å². The molecule has 0 amide bonds. The Hall–Kier alpha value is -1.26. The van der Waals surface area contributed by atoms with Crippen LogP contribution in [0.1, 0.15) is 18.1 Å². The van der Waals surface area contributed by atoms with E-state index in [0.717, 1.165) is 0 Å². The minimum atomic E-state index is -1.25. The van der Waals surface area contributed by atoms with Gasteiger partial charge >= 0.3 is 0 Å². The molecule has 0 aliphatic carbocycles. The van der Waals surface area contributed by atoms with Crippen LogP contribution in [0.5, 0.6) is 0 Å². The number of halogens is 3. The molecule has 0 aromatic heterocycles. The lowest BCUT2D eigenvalue weighted by atomic mass is 9.89. The molecule has 0 fully saturated rings. The van der Waals surface area contributed by atoms with Gasteiger partial charge in [-0.05, 0) is 42.3 Å². The van der Waals surface area contributed by atoms with Gasteiger partial charge in [-0.2, -0.15) is 0 Å². The van der Waals surface area contributed by atoms with E-state index in [-0.39, 0.29) is 18.1 Å². The number of aliphatic hydroxyl groups is 1. The first-order chi connectivity index (χ1) is 8.88. The molecule has 0 bridgehead atoms. The van der Waals surface area contributed by atoms with E-state index in [1.165, 1.54) is 30.3 Å². The lowest BCUT2D eigenvalue weighted by Gasteiger charge is -2.24. The predicted molar refractivity (Wildman–Crippen MR) is 73.8 cm³/mol. The monoisotopic (exact) mass is 326 g/mol. The van der Waals surface area contributed by atoms with Gasteiger partial charge in [0.05, 0.1) is 5.60 Å². The predicted octanol–water partition coefficient (Wildman–Crippen LogP) is 4.18. The minimum absolute atomic E-state index is 0.123. The minimum Gasteiger partial charge on any atom is -0.385 e. The van der Waals surface area contributed by atoms with E-state index in [4.69, 9.17) is 0 Å². The largest absolute Gasteiger partial charge is 0.385 e. The van der Waals surface area contributed by atoms with Gasteiger partial charge in [0.1, 0.15) is 11.6 Å². The molecule has 0 spiro atoms. The molecule has 0 saturated carbocycles. The molecule has 0 saturated heterocycles. The van der Waals surface area contributed by atoms with Crippen LogP contribution in [0.2, 0.25) is 0 Å². The lowest BCUT2D eigenvalue weighted by Crippen LogP contribution is -2.24. The van der Waals surface area contributed by atoms with Gasteiger partial charge in [0.25, 0.3) is 0 Å². The maximum Gasteiger partial charge on any atom is 0.127 e. The van der Waals surface area contributed by atoms with Crippen LogP contribution < -0.4 is 0 Å². The third-order valence-electron chi connectivity index (χ3n) is 3.02. The van der Waals surface area contributed by atoms with Gasteiger partial charge in [0, 0.05) is 10.9 Å². The first kappa shape index (κ1) is 14.2. The average Bonchev–Trinajstić information content (AvgIpc) is 2.33. The van der Waals surface area contributed by atoms with Crippen LogP contribution in [0, 0.1) is 11.6 Å². The second-order valence-electron chi connectivity index (χ2n) is 4.69. The van der Waals surface area contributed by atoms with Crippen LogP contribution in [0.25, 0.3) is 0 Å². The summed E-state index contributed by atoms with van der Waals surface area (Å²) in [7, 11) is 0. The van der Waals surface area contributed by atoms with E-state index >= 15 is 0 Å². The van der Waals surface area contributed by atoms with Crippen molar-refractivity contribution in [3.8, 4) is 0 Å². The highest BCUT2D eigenvalue weighted by atomic mass is 79.9. The Morgan fingerprint density at radius 3 is 2.32 bits per heavy atom. The van der Waals surface area contributed by atoms with Crippen molar-refractivity contribution >= 4 is 15.9 Å². The average molecular weight is 327 g/mol. The summed E-state index contributed by atoms with van der Waals surface area (Å²) >= 11 is 3.18. The zero-order valence-corrected chi connectivity index (χ0v) is 11.9. The smallest absolute Gasteiger partial charge is 0.127 e. The van der Waals surface area contributed by atoms with Crippen molar-refractivity contribution in [1.29, 1.82) is 0 Å². The quantitative estimate of drug-likeness (QED) is 0.897. The van der Waals surface area contributed by atoms with Crippen molar-refractivity contribution in [3.05, 3.63) is 69.7 Å². The molecule has 1 unspecified atom stereocenters. The van der Waals surface area contributed by atoms with Gasteiger partial charge in [-0.1, -0.05) is 34.1 Å². The highest BCUT2D eigenvalue weighted by Crippen LogP contribution is 2.27. The molecular weight excluding hydrogens is 314 g/mol. The molecule has 1 nitrogen and oxygen atoms in total. The Bertz CT molecular complexity index is 579. The summed E-state index contributed by atoms with van der Waals surface area (Å²) in [5.41, 5.74) is -0.281. The van der Waals surface area contributed by atoms with E-state index in [1.54, 1.807) is 19.1 Å². The van der Waals surface area contributed by atoms with Crippen LogP contribution in [-0.2, 0) is 12.0 Å². The summed E-state index contributed by atoms with van der Waals surface area (Å²) in [6.45, 7) is 1.59. The van der Waals surface area contributed by atoms with Crippen LogP contribution in [-0.4, -0.2) is 5.11 Å². The summed E-state index contributed by atoms with van der Waals surface area (Å²) in [5.74, 6) is -0.744. The third kappa shape index (κ3) is 3.39. The Morgan fingerprint density at radius 1 is 1.11 bits per heavy atom. The second kappa shape index (κ2) is 5.39. The maximum atomic E-state index is 13.8. The van der Waals surface area contributed by atoms with Gasteiger partial charge in [-0.3, -0.25) is 0 Å². The summed E-state index contributed by atoms with van der Waals surface area (Å²) in [6, 6.07) is 10.3. The van der Waals surface area contributed by atoms with Crippen LogP contribution in [0.3, 0.4) is 0 Å². The molecule has 2 aromatic carbocycles. The first-order valence-electron chi connectivity index (χ1n) is 5.81. The molecule has 1 atom stereocenters. The molecule has 1 N–H and O–H groups in total. The summed E-state index contributed by atoms with van der Waals surface area (Å²) < 4.78 is 27.3. The number of benzene rings is 2. The molecule has 0 heterocycles. The molecule has 0 aliphatic heterocycles. The Labute approximate surface area is 119 Å². The SMILES string of the molecule is CC(O)(Cc1ccc(Br)cc1F)c1ccc(F)cc1. The van der Waals surface area contributed by atoms with E-state index in [0.29, 0.717) is 15.6 Å². The summed E-state index contributed by atoms with van der Waals surface area (Å²) in [6.07, 6.45) is 0.123. The van der Waals surface area contributed by atoms with E-state index < -0.39 is 5.60 Å². The second-order valence-corrected chi connectivity index (χ2v) is 5.61. The number of rotatable bonds is 3. The van der Waals surface area contributed by atoms with Crippen molar-refractivity contribution in [2.75, 3.05) is 0 Å². The molecule has 19 heavy (non-hydrogen) atoms. The van der Waals surface area contributed by atoms with Crippen molar-refractivity contribution in [2.24, 2.45) is 0 Å². The van der Waals surface area contributed by atoms with Gasteiger partial charge in [-0.25, -0.2) is 8.78 Å². The fourth-order valence-electron chi connectivity index (χ4n) is 1.95. The van der Waals surface area contributed by atoms with E-state index in [2.05, 4.69) is 15.9 Å². The Kier molecular flexibility index (Phi) is 4.02. The Balaban J connectivity index is 2.27. The zero-order chi connectivity index (χ0) is 14.0. The highest BCUT2D eigenvalue weighted by molar-refractivity contribution is 9.10. The molecule has 4 heteroatoms. The molecule has 2 aromatic rings. The summed E-state index contributed by atoms with van der Waals surface area (Å²) in [4.78, 5) is 0. The standard InChI is InChI=1S/C15H13BrF2O/c1-15(19,11-3-6-13(17)7-4-11)9-10-2-5-12(16)8-14(10)18/h2-8,19H,9H2,1H3. The van der Waals surface area contributed by atoms with Crippen molar-refractivity contribution in [2.45, 2.75) is 18.9 Å². The molecule has 100 valence electrons. The number of hydrogen-bond acceptors (Lipinski definition) is 1. The first-order valence-corrected chi connectivity index (χ1v) is 6.60. The normalized spacial score (nSPS) is 14.2. The lowest BCUT2D eigenvalue weighted by molar-refractivity contribution is 0.0566. The van der Waals surface area contributed by atoms with Crippen molar-refractivity contribution in [3.63, 3.8) is 0 Å². The maximum absolute atomic E-state index is 13.8. The fourth-order valence-corrected chi connectivity index (χ4v) is 2.28. The fraction of sp³-hybridized carbons (Fsp3) is 0.200. The zero-order valence-electron chi connectivity index (χ0n) is 10.3. The number of hydrogen-bond donors (Lipinski definition) is 1. The van der Waals surface area contributed by atoms with Crippen molar-refractivity contribution < 1.29 is 13.9 Å². The van der Waals surface area contributed by atoms with Gasteiger partial charge < -0.3 is 5.11 Å². The molecule has 2 rings (SSSR count).